The molecule has 2 saturated heterocycles. The van der Waals surface area contributed by atoms with Crippen LogP contribution >= 0.6 is 34.8 Å². The molecule has 1 aromatic heterocycles. The van der Waals surface area contributed by atoms with Crippen LogP contribution in [0.1, 0.15) is 6.42 Å². The number of aromatic nitrogens is 2. The number of anilines is 1. The molecule has 2 aliphatic rings. The third-order valence-electron chi connectivity index (χ3n) is 4.71. The van der Waals surface area contributed by atoms with Crippen molar-refractivity contribution in [3.8, 4) is 5.69 Å². The van der Waals surface area contributed by atoms with E-state index in [1.165, 1.54) is 10.9 Å². The van der Waals surface area contributed by atoms with E-state index in [-0.39, 0.29) is 15.6 Å². The summed E-state index contributed by atoms with van der Waals surface area (Å²) in [5.41, 5.74) is 0.659. The fourth-order valence-electron chi connectivity index (χ4n) is 3.36. The second-order valence-corrected chi connectivity index (χ2v) is 7.61. The second kappa shape index (κ2) is 7.02. The number of halogens is 3. The summed E-state index contributed by atoms with van der Waals surface area (Å²) in [7, 11) is 0. The number of morpholine rings is 1. The standard InChI is InChI=1S/C17H16Cl3N3O3/c18-12-7-11(23-16(24)15(20)13(19)8-21-23)1-2-14(12)22-4-6-26-17(9-22)3-5-25-10-17/h1-2,7-8H,3-6,9-10H2. The van der Waals surface area contributed by atoms with Gasteiger partial charge >= 0.3 is 0 Å². The number of nitrogens with zero attached hydrogens (tertiary/aromatic N) is 3. The lowest BCUT2D eigenvalue weighted by Crippen LogP contribution is -2.52. The van der Waals surface area contributed by atoms with Crippen LogP contribution in [0.25, 0.3) is 5.69 Å². The zero-order valence-corrected chi connectivity index (χ0v) is 16.0. The zero-order chi connectivity index (χ0) is 18.3. The quantitative estimate of drug-likeness (QED) is 0.752. The second-order valence-electron chi connectivity index (χ2n) is 6.41. The largest absolute Gasteiger partial charge is 0.378 e. The van der Waals surface area contributed by atoms with Gasteiger partial charge in [-0.25, -0.2) is 0 Å². The molecule has 0 aliphatic carbocycles. The molecule has 2 fully saturated rings. The van der Waals surface area contributed by atoms with Crippen molar-refractivity contribution in [1.29, 1.82) is 0 Å². The molecule has 6 nitrogen and oxygen atoms in total. The van der Waals surface area contributed by atoms with E-state index in [0.717, 1.165) is 25.2 Å². The molecule has 3 heterocycles. The van der Waals surface area contributed by atoms with E-state index in [2.05, 4.69) is 10.00 Å². The number of benzene rings is 1. The Bertz CT molecular complexity index is 897. The third kappa shape index (κ3) is 3.21. The molecular formula is C17H16Cl3N3O3. The number of hydrogen-bond acceptors (Lipinski definition) is 5. The van der Waals surface area contributed by atoms with E-state index < -0.39 is 5.56 Å². The first-order valence-corrected chi connectivity index (χ1v) is 9.32. The van der Waals surface area contributed by atoms with Gasteiger partial charge in [-0.2, -0.15) is 9.78 Å². The molecule has 2 aromatic rings. The third-order valence-corrected chi connectivity index (χ3v) is 5.76. The molecule has 9 heteroatoms. The van der Waals surface area contributed by atoms with Crippen LogP contribution in [0.4, 0.5) is 5.69 Å². The summed E-state index contributed by atoms with van der Waals surface area (Å²) >= 11 is 18.3. The van der Waals surface area contributed by atoms with Crippen LogP contribution in [0, 0.1) is 0 Å². The van der Waals surface area contributed by atoms with Gasteiger partial charge < -0.3 is 14.4 Å². The minimum absolute atomic E-state index is 0.0711. The van der Waals surface area contributed by atoms with Crippen molar-refractivity contribution in [3.05, 3.63) is 49.8 Å². The average Bonchev–Trinajstić information content (AvgIpc) is 3.07. The predicted molar refractivity (Wildman–Crippen MR) is 101 cm³/mol. The highest BCUT2D eigenvalue weighted by atomic mass is 35.5. The van der Waals surface area contributed by atoms with Gasteiger partial charge in [-0.15, -0.1) is 0 Å². The van der Waals surface area contributed by atoms with Crippen LogP contribution in [0.15, 0.2) is 29.2 Å². The summed E-state index contributed by atoms with van der Waals surface area (Å²) in [6.07, 6.45) is 2.21. The highest BCUT2D eigenvalue weighted by Gasteiger charge is 2.40. The maximum atomic E-state index is 12.3. The monoisotopic (exact) mass is 415 g/mol. The van der Waals surface area contributed by atoms with Gasteiger partial charge in [0.1, 0.15) is 10.6 Å². The van der Waals surface area contributed by atoms with Crippen molar-refractivity contribution < 1.29 is 9.47 Å². The predicted octanol–water partition coefficient (Wildman–Crippen LogP) is 3.19. The molecule has 138 valence electrons. The lowest BCUT2D eigenvalue weighted by Gasteiger charge is -2.41. The first kappa shape index (κ1) is 18.1. The minimum atomic E-state index is -0.489. The number of rotatable bonds is 2. The van der Waals surface area contributed by atoms with Crippen LogP contribution in [0.2, 0.25) is 15.1 Å². The van der Waals surface area contributed by atoms with Crippen LogP contribution in [-0.2, 0) is 9.47 Å². The minimum Gasteiger partial charge on any atom is -0.378 e. The van der Waals surface area contributed by atoms with Gasteiger partial charge in [-0.05, 0) is 18.2 Å². The van der Waals surface area contributed by atoms with E-state index >= 15 is 0 Å². The normalized spacial score (nSPS) is 23.0. The van der Waals surface area contributed by atoms with Gasteiger partial charge in [-0.3, -0.25) is 4.79 Å². The Kier molecular flexibility index (Phi) is 4.88. The van der Waals surface area contributed by atoms with Gasteiger partial charge in [0.25, 0.3) is 5.56 Å². The van der Waals surface area contributed by atoms with E-state index in [1.54, 1.807) is 12.1 Å². The summed E-state index contributed by atoms with van der Waals surface area (Å²) in [6, 6.07) is 5.36. The molecule has 2 aliphatic heterocycles. The summed E-state index contributed by atoms with van der Waals surface area (Å²) in [5, 5.41) is 4.60. The lowest BCUT2D eigenvalue weighted by molar-refractivity contribution is -0.0579. The Hall–Kier alpha value is -1.31. The zero-order valence-electron chi connectivity index (χ0n) is 13.8. The van der Waals surface area contributed by atoms with Crippen LogP contribution < -0.4 is 10.5 Å². The summed E-state index contributed by atoms with van der Waals surface area (Å²) in [6.45, 7) is 3.40. The molecule has 4 rings (SSSR count). The SMILES string of the molecule is O=c1c(Cl)c(Cl)cnn1-c1ccc(N2CCOC3(CCOC3)C2)c(Cl)c1. The fraction of sp³-hybridized carbons (Fsp3) is 0.412. The smallest absolute Gasteiger partial charge is 0.291 e. The number of hydrogen-bond donors (Lipinski definition) is 0. The molecule has 0 bridgehead atoms. The molecule has 1 aromatic carbocycles. The molecule has 0 N–H and O–H groups in total. The molecule has 26 heavy (non-hydrogen) atoms. The molecular weight excluding hydrogens is 401 g/mol. The highest BCUT2D eigenvalue weighted by molar-refractivity contribution is 6.41. The van der Waals surface area contributed by atoms with Crippen molar-refractivity contribution in [1.82, 2.24) is 9.78 Å². The Morgan fingerprint density at radius 3 is 2.73 bits per heavy atom. The fourth-order valence-corrected chi connectivity index (χ4v) is 3.91. The summed E-state index contributed by atoms with van der Waals surface area (Å²) < 4.78 is 12.6. The Morgan fingerprint density at radius 1 is 1.15 bits per heavy atom. The van der Waals surface area contributed by atoms with Crippen LogP contribution in [-0.4, -0.2) is 48.3 Å². The maximum Gasteiger partial charge on any atom is 0.291 e. The molecule has 1 spiro atoms. The summed E-state index contributed by atoms with van der Waals surface area (Å²) in [5.74, 6) is 0. The average molecular weight is 417 g/mol. The Morgan fingerprint density at radius 2 is 2.00 bits per heavy atom. The van der Waals surface area contributed by atoms with Crippen LogP contribution in [0.3, 0.4) is 0 Å². The van der Waals surface area contributed by atoms with Gasteiger partial charge in [-0.1, -0.05) is 34.8 Å². The maximum absolute atomic E-state index is 12.3. The lowest BCUT2D eigenvalue weighted by atomic mass is 10.0. The highest BCUT2D eigenvalue weighted by Crippen LogP contribution is 2.34. The molecule has 0 amide bonds. The van der Waals surface area contributed by atoms with Crippen molar-refractivity contribution in [2.24, 2.45) is 0 Å². The van der Waals surface area contributed by atoms with Gasteiger partial charge in [0, 0.05) is 26.1 Å². The summed E-state index contributed by atoms with van der Waals surface area (Å²) in [4.78, 5) is 14.4. The Labute approximate surface area is 165 Å². The first-order valence-electron chi connectivity index (χ1n) is 8.19. The van der Waals surface area contributed by atoms with Gasteiger partial charge in [0.05, 0.1) is 40.8 Å². The van der Waals surface area contributed by atoms with Crippen molar-refractivity contribution in [2.75, 3.05) is 37.8 Å². The first-order chi connectivity index (χ1) is 12.5. The topological polar surface area (TPSA) is 56.6 Å². The van der Waals surface area contributed by atoms with Gasteiger partial charge in [0.15, 0.2) is 0 Å². The van der Waals surface area contributed by atoms with Crippen molar-refractivity contribution in [3.63, 3.8) is 0 Å². The van der Waals surface area contributed by atoms with Crippen molar-refractivity contribution in [2.45, 2.75) is 12.0 Å². The van der Waals surface area contributed by atoms with E-state index in [4.69, 9.17) is 44.3 Å². The van der Waals surface area contributed by atoms with Gasteiger partial charge in [0.2, 0.25) is 0 Å². The molecule has 0 saturated carbocycles. The molecule has 1 unspecified atom stereocenters. The molecule has 0 radical (unpaired) electrons. The van der Waals surface area contributed by atoms with E-state index in [0.29, 0.717) is 30.5 Å². The van der Waals surface area contributed by atoms with E-state index in [1.807, 2.05) is 6.07 Å². The number of ether oxygens (including phenoxy) is 2. The van der Waals surface area contributed by atoms with Crippen LogP contribution in [0.5, 0.6) is 0 Å². The van der Waals surface area contributed by atoms with E-state index in [9.17, 15) is 4.79 Å². The Balaban J connectivity index is 1.64. The van der Waals surface area contributed by atoms with Crippen molar-refractivity contribution >= 4 is 40.5 Å². The molecule has 1 atom stereocenters.